The third kappa shape index (κ3) is 1.58. The van der Waals surface area contributed by atoms with Crippen LogP contribution in [0.3, 0.4) is 0 Å². The van der Waals surface area contributed by atoms with Crippen LogP contribution in [0.4, 0.5) is 0 Å². The molecule has 5 heteroatoms. The first-order valence-electron chi connectivity index (χ1n) is 4.33. The molecular weight excluding hydrogens is 196 g/mol. The van der Waals surface area contributed by atoms with E-state index in [9.17, 15) is 0 Å². The molecule has 0 aliphatic rings. The Hall–Kier alpha value is -1.49. The van der Waals surface area contributed by atoms with Crippen molar-refractivity contribution in [1.82, 2.24) is 20.2 Å². The van der Waals surface area contributed by atoms with E-state index < -0.39 is 0 Å². The summed E-state index contributed by atoms with van der Waals surface area (Å²) in [6, 6.07) is 10.2. The molecule has 2 rings (SSSR count). The van der Waals surface area contributed by atoms with E-state index in [1.807, 2.05) is 37.3 Å². The molecular formula is C9H10N4S. The molecule has 0 spiro atoms. The van der Waals surface area contributed by atoms with Crippen LogP contribution >= 0.6 is 12.2 Å². The molecule has 0 bridgehead atoms. The van der Waals surface area contributed by atoms with Gasteiger partial charge in [-0.25, -0.2) is 4.68 Å². The molecule has 0 saturated heterocycles. The highest BCUT2D eigenvalue weighted by atomic mass is 32.1. The van der Waals surface area contributed by atoms with E-state index in [2.05, 4.69) is 15.5 Å². The Morgan fingerprint density at radius 3 is 2.64 bits per heavy atom. The van der Waals surface area contributed by atoms with Gasteiger partial charge in [-0.05, 0) is 24.7 Å². The zero-order valence-electron chi connectivity index (χ0n) is 7.71. The largest absolute Gasteiger partial charge is 0.238 e. The first-order valence-corrected chi connectivity index (χ1v) is 4.74. The molecule has 0 aliphatic heterocycles. The molecule has 4 nitrogen and oxygen atoms in total. The van der Waals surface area contributed by atoms with Crippen LogP contribution in [0.5, 0.6) is 0 Å². The molecule has 1 atom stereocenters. The predicted octanol–water partition coefficient (Wildman–Crippen LogP) is 1.94. The monoisotopic (exact) mass is 206 g/mol. The lowest BCUT2D eigenvalue weighted by Crippen LogP contribution is -2.08. The maximum absolute atomic E-state index is 5.02. The highest BCUT2D eigenvalue weighted by molar-refractivity contribution is 7.71. The van der Waals surface area contributed by atoms with Gasteiger partial charge in [0.15, 0.2) is 0 Å². The van der Waals surface area contributed by atoms with E-state index in [1.165, 1.54) is 5.56 Å². The second-order valence-electron chi connectivity index (χ2n) is 3.04. The van der Waals surface area contributed by atoms with Gasteiger partial charge in [0, 0.05) is 0 Å². The molecule has 0 amide bonds. The molecule has 14 heavy (non-hydrogen) atoms. The Labute approximate surface area is 86.6 Å². The minimum atomic E-state index is 0.138. The molecule has 0 fully saturated rings. The number of rotatable bonds is 2. The van der Waals surface area contributed by atoms with Gasteiger partial charge in [-0.1, -0.05) is 40.6 Å². The van der Waals surface area contributed by atoms with Crippen LogP contribution < -0.4 is 0 Å². The van der Waals surface area contributed by atoms with Crippen LogP contribution in [-0.4, -0.2) is 20.2 Å². The third-order valence-corrected chi connectivity index (χ3v) is 2.44. The number of aromatic amines is 1. The summed E-state index contributed by atoms with van der Waals surface area (Å²) in [6.45, 7) is 2.05. The second-order valence-corrected chi connectivity index (χ2v) is 3.40. The van der Waals surface area contributed by atoms with Gasteiger partial charge in [0.1, 0.15) is 0 Å². The minimum absolute atomic E-state index is 0.138. The average molecular weight is 206 g/mol. The first kappa shape index (κ1) is 9.08. The van der Waals surface area contributed by atoms with Crippen molar-refractivity contribution in [2.75, 3.05) is 0 Å². The fourth-order valence-corrected chi connectivity index (χ4v) is 1.58. The van der Waals surface area contributed by atoms with E-state index in [1.54, 1.807) is 4.68 Å². The standard InChI is InChI=1S/C9H10N4S/c1-7(8-5-3-2-4-6-8)13-9(14)10-11-12-13/h2-7H,1H3,(H,10,12,14)/t7-/m1/s1. The minimum Gasteiger partial charge on any atom is -0.235 e. The Morgan fingerprint density at radius 2 is 2.07 bits per heavy atom. The van der Waals surface area contributed by atoms with Crippen molar-refractivity contribution in [3.05, 3.63) is 40.7 Å². The molecule has 0 saturated carbocycles. The number of benzene rings is 1. The van der Waals surface area contributed by atoms with Crippen LogP contribution in [-0.2, 0) is 0 Å². The molecule has 72 valence electrons. The van der Waals surface area contributed by atoms with Crippen molar-refractivity contribution in [2.45, 2.75) is 13.0 Å². The van der Waals surface area contributed by atoms with E-state index in [0.717, 1.165) is 0 Å². The van der Waals surface area contributed by atoms with Gasteiger partial charge in [0.2, 0.25) is 4.77 Å². The van der Waals surface area contributed by atoms with Crippen molar-refractivity contribution in [3.63, 3.8) is 0 Å². The van der Waals surface area contributed by atoms with Crippen LogP contribution in [0.25, 0.3) is 0 Å². The van der Waals surface area contributed by atoms with E-state index in [4.69, 9.17) is 12.2 Å². The van der Waals surface area contributed by atoms with E-state index in [-0.39, 0.29) is 6.04 Å². The van der Waals surface area contributed by atoms with Crippen molar-refractivity contribution >= 4 is 12.2 Å². The number of aromatic nitrogens is 4. The lowest BCUT2D eigenvalue weighted by molar-refractivity contribution is 0.537. The van der Waals surface area contributed by atoms with Crippen LogP contribution in [0.15, 0.2) is 30.3 Å². The highest BCUT2D eigenvalue weighted by Gasteiger charge is 2.08. The summed E-state index contributed by atoms with van der Waals surface area (Å²) < 4.78 is 2.23. The summed E-state index contributed by atoms with van der Waals surface area (Å²) in [5, 5.41) is 10.1. The van der Waals surface area contributed by atoms with E-state index in [0.29, 0.717) is 4.77 Å². The van der Waals surface area contributed by atoms with E-state index >= 15 is 0 Å². The number of hydrogen-bond donors (Lipinski definition) is 1. The van der Waals surface area contributed by atoms with Gasteiger partial charge in [-0.3, -0.25) is 0 Å². The fraction of sp³-hybridized carbons (Fsp3) is 0.222. The zero-order chi connectivity index (χ0) is 9.97. The molecule has 0 radical (unpaired) electrons. The maximum Gasteiger partial charge on any atom is 0.238 e. The number of H-pyrrole nitrogens is 1. The summed E-state index contributed by atoms with van der Waals surface area (Å²) in [4.78, 5) is 0. The summed E-state index contributed by atoms with van der Waals surface area (Å²) >= 11 is 5.02. The predicted molar refractivity (Wildman–Crippen MR) is 55.5 cm³/mol. The molecule has 1 aromatic carbocycles. The molecule has 1 N–H and O–H groups in total. The average Bonchev–Trinajstić information content (AvgIpc) is 2.65. The second kappa shape index (κ2) is 3.71. The molecule has 2 aromatic rings. The van der Waals surface area contributed by atoms with Crippen LogP contribution in [0, 0.1) is 4.77 Å². The van der Waals surface area contributed by atoms with Crippen LogP contribution in [0.1, 0.15) is 18.5 Å². The van der Waals surface area contributed by atoms with Gasteiger partial charge < -0.3 is 0 Å². The van der Waals surface area contributed by atoms with Crippen molar-refractivity contribution in [3.8, 4) is 0 Å². The van der Waals surface area contributed by atoms with Gasteiger partial charge in [-0.2, -0.15) is 5.21 Å². The Bertz CT molecular complexity index is 459. The topological polar surface area (TPSA) is 46.5 Å². The number of tetrazole rings is 1. The fourth-order valence-electron chi connectivity index (χ4n) is 1.34. The maximum atomic E-state index is 5.02. The van der Waals surface area contributed by atoms with Crippen molar-refractivity contribution in [1.29, 1.82) is 0 Å². The normalized spacial score (nSPS) is 12.6. The SMILES string of the molecule is C[C@H](c1ccccc1)n1[nH]nnc1=S. The number of nitrogens with one attached hydrogen (secondary N) is 1. The highest BCUT2D eigenvalue weighted by Crippen LogP contribution is 2.15. The van der Waals surface area contributed by atoms with Gasteiger partial charge in [0.05, 0.1) is 6.04 Å². The number of hydrogen-bond acceptors (Lipinski definition) is 3. The summed E-state index contributed by atoms with van der Waals surface area (Å²) in [7, 11) is 0. The first-order chi connectivity index (χ1) is 6.79. The van der Waals surface area contributed by atoms with Gasteiger partial charge >= 0.3 is 0 Å². The van der Waals surface area contributed by atoms with Gasteiger partial charge in [-0.15, -0.1) is 0 Å². The molecule has 0 unspecified atom stereocenters. The Balaban J connectivity index is 2.39. The molecule has 1 aromatic heterocycles. The van der Waals surface area contributed by atoms with Crippen molar-refractivity contribution in [2.24, 2.45) is 0 Å². The third-order valence-electron chi connectivity index (χ3n) is 2.16. The molecule has 1 heterocycles. The summed E-state index contributed by atoms with van der Waals surface area (Å²) in [6.07, 6.45) is 0. The number of nitrogens with zero attached hydrogens (tertiary/aromatic N) is 3. The summed E-state index contributed by atoms with van der Waals surface area (Å²) in [5.74, 6) is 0. The lowest BCUT2D eigenvalue weighted by Gasteiger charge is -2.11. The molecule has 0 aliphatic carbocycles. The Kier molecular flexibility index (Phi) is 2.41. The zero-order valence-corrected chi connectivity index (χ0v) is 8.53. The van der Waals surface area contributed by atoms with Gasteiger partial charge in [0.25, 0.3) is 0 Å². The Morgan fingerprint density at radius 1 is 1.36 bits per heavy atom. The van der Waals surface area contributed by atoms with Crippen LogP contribution in [0.2, 0.25) is 0 Å². The quantitative estimate of drug-likeness (QED) is 0.764. The smallest absolute Gasteiger partial charge is 0.235 e. The van der Waals surface area contributed by atoms with Crippen molar-refractivity contribution < 1.29 is 0 Å². The lowest BCUT2D eigenvalue weighted by atomic mass is 10.1. The summed E-state index contributed by atoms with van der Waals surface area (Å²) in [5.41, 5.74) is 1.18.